The highest BCUT2D eigenvalue weighted by Gasteiger charge is 2.30. The number of aromatic nitrogens is 3. The van der Waals surface area contributed by atoms with E-state index in [9.17, 15) is 4.79 Å². The summed E-state index contributed by atoms with van der Waals surface area (Å²) in [4.78, 5) is 30.3. The molecule has 1 N–H and O–H groups in total. The summed E-state index contributed by atoms with van der Waals surface area (Å²) in [6.45, 7) is 6.82. The second-order valence-corrected chi connectivity index (χ2v) is 8.77. The van der Waals surface area contributed by atoms with Crippen LogP contribution in [0.1, 0.15) is 34.9 Å². The average Bonchev–Trinajstić information content (AvgIpc) is 3.28. The molecule has 0 radical (unpaired) electrons. The van der Waals surface area contributed by atoms with Crippen LogP contribution in [0.5, 0.6) is 0 Å². The lowest BCUT2D eigenvalue weighted by molar-refractivity contribution is 0.171. The van der Waals surface area contributed by atoms with Gasteiger partial charge in [0.1, 0.15) is 12.1 Å². The fourth-order valence-corrected chi connectivity index (χ4v) is 4.56. The Labute approximate surface area is 194 Å². The van der Waals surface area contributed by atoms with E-state index in [2.05, 4.69) is 69.4 Å². The van der Waals surface area contributed by atoms with Gasteiger partial charge < -0.3 is 15.1 Å². The minimum atomic E-state index is -0.0180. The minimum absolute atomic E-state index is 0.0180. The smallest absolute Gasteiger partial charge is 0.318 e. The lowest BCUT2D eigenvalue weighted by atomic mass is 10.1. The van der Waals surface area contributed by atoms with Crippen LogP contribution in [0.15, 0.2) is 55.1 Å². The van der Waals surface area contributed by atoms with Crippen LogP contribution in [-0.4, -0.2) is 51.6 Å². The molecule has 1 aliphatic heterocycles. The van der Waals surface area contributed by atoms with E-state index in [0.717, 1.165) is 47.7 Å². The van der Waals surface area contributed by atoms with Gasteiger partial charge >= 0.3 is 6.03 Å². The molecule has 0 unspecified atom stereocenters. The summed E-state index contributed by atoms with van der Waals surface area (Å²) in [6, 6.07) is 12.4. The number of pyridine rings is 1. The summed E-state index contributed by atoms with van der Waals surface area (Å²) in [6.07, 6.45) is 8.28. The van der Waals surface area contributed by atoms with Gasteiger partial charge in [0.25, 0.3) is 0 Å². The number of anilines is 1. The first-order chi connectivity index (χ1) is 16.1. The zero-order valence-corrected chi connectivity index (χ0v) is 19.0. The van der Waals surface area contributed by atoms with Crippen LogP contribution in [0.4, 0.5) is 10.6 Å². The van der Waals surface area contributed by atoms with Gasteiger partial charge in [0.15, 0.2) is 0 Å². The van der Waals surface area contributed by atoms with Crippen LogP contribution in [-0.2, 0) is 13.0 Å². The number of carbonyl (C=O) groups excluding carboxylic acids is 1. The number of allylic oxidation sites excluding steroid dienone is 1. The van der Waals surface area contributed by atoms with Crippen LogP contribution >= 0.6 is 0 Å². The predicted molar refractivity (Wildman–Crippen MR) is 130 cm³/mol. The first-order valence-corrected chi connectivity index (χ1v) is 11.4. The Bertz CT molecular complexity index is 1180. The van der Waals surface area contributed by atoms with Gasteiger partial charge in [-0.05, 0) is 48.8 Å². The maximum atomic E-state index is 12.8. The number of fused-ring (bicyclic) bond motifs is 1. The Balaban J connectivity index is 1.26. The van der Waals surface area contributed by atoms with E-state index >= 15 is 0 Å². The molecule has 5 rings (SSSR count). The highest BCUT2D eigenvalue weighted by molar-refractivity contribution is 5.91. The van der Waals surface area contributed by atoms with Gasteiger partial charge in [-0.1, -0.05) is 29.8 Å². The van der Waals surface area contributed by atoms with E-state index in [4.69, 9.17) is 0 Å². The molecule has 1 saturated heterocycles. The number of benzene rings is 1. The maximum absolute atomic E-state index is 12.8. The fraction of sp³-hybridized carbons (Fsp3) is 0.308. The summed E-state index contributed by atoms with van der Waals surface area (Å²) >= 11 is 0. The molecular formula is C26H28N6O. The van der Waals surface area contributed by atoms with Crippen LogP contribution in [0, 0.1) is 6.92 Å². The Morgan fingerprint density at radius 1 is 1.09 bits per heavy atom. The second-order valence-electron chi connectivity index (χ2n) is 8.77. The number of hydrogen-bond acceptors (Lipinski definition) is 5. The normalized spacial score (nSPS) is 17.5. The first-order valence-electron chi connectivity index (χ1n) is 11.4. The molecular weight excluding hydrogens is 412 g/mol. The van der Waals surface area contributed by atoms with E-state index in [1.54, 1.807) is 6.33 Å². The Kier molecular flexibility index (Phi) is 5.77. The fourth-order valence-electron chi connectivity index (χ4n) is 4.56. The molecule has 0 spiro atoms. The quantitative estimate of drug-likeness (QED) is 0.670. The number of hydrogen-bond donors (Lipinski definition) is 1. The molecule has 168 valence electrons. The van der Waals surface area contributed by atoms with Gasteiger partial charge in [-0.15, -0.1) is 0 Å². The Morgan fingerprint density at radius 3 is 2.64 bits per heavy atom. The molecule has 2 amide bonds. The van der Waals surface area contributed by atoms with Crippen molar-refractivity contribution in [3.05, 3.63) is 83.1 Å². The standard InChI is InChI=1S/C26H28N6O/c1-18-3-5-20(6-4-18)15-28-26(33)32-12-11-31(16-19(32)2)25-23-13-22(14-24(23)29-17-30-25)21-7-9-27-10-8-21/h3-10,13,17,19H,11-12,14-16H2,1-2H3,(H,28,33)/t19-/m0/s1. The summed E-state index contributed by atoms with van der Waals surface area (Å²) in [5, 5.41) is 3.07. The van der Waals surface area contributed by atoms with Crippen LogP contribution in [0.3, 0.4) is 0 Å². The lowest BCUT2D eigenvalue weighted by Gasteiger charge is -2.40. The molecule has 3 heterocycles. The van der Waals surface area contributed by atoms with Crippen LogP contribution in [0.2, 0.25) is 0 Å². The molecule has 7 nitrogen and oxygen atoms in total. The number of carbonyl (C=O) groups is 1. The number of nitrogens with one attached hydrogen (secondary N) is 1. The molecule has 1 fully saturated rings. The first kappa shape index (κ1) is 21.1. The van der Waals surface area contributed by atoms with Crippen molar-refractivity contribution in [3.8, 4) is 0 Å². The van der Waals surface area contributed by atoms with Gasteiger partial charge in [0.2, 0.25) is 0 Å². The third-order valence-corrected chi connectivity index (χ3v) is 6.43. The molecule has 2 aliphatic rings. The zero-order valence-electron chi connectivity index (χ0n) is 19.0. The Morgan fingerprint density at radius 2 is 1.88 bits per heavy atom. The number of rotatable bonds is 4. The summed E-state index contributed by atoms with van der Waals surface area (Å²) < 4.78 is 0. The Hall–Kier alpha value is -3.74. The highest BCUT2D eigenvalue weighted by Crippen LogP contribution is 2.35. The van der Waals surface area contributed by atoms with E-state index in [1.165, 1.54) is 11.1 Å². The third kappa shape index (κ3) is 4.44. The number of nitrogens with zero attached hydrogens (tertiary/aromatic N) is 5. The molecule has 33 heavy (non-hydrogen) atoms. The highest BCUT2D eigenvalue weighted by atomic mass is 16.2. The molecule has 0 saturated carbocycles. The van der Waals surface area contributed by atoms with Gasteiger partial charge in [-0.3, -0.25) is 4.98 Å². The third-order valence-electron chi connectivity index (χ3n) is 6.43. The van der Waals surface area contributed by atoms with Crippen molar-refractivity contribution < 1.29 is 4.79 Å². The number of piperazine rings is 1. The van der Waals surface area contributed by atoms with E-state index in [1.807, 2.05) is 29.4 Å². The minimum Gasteiger partial charge on any atom is -0.352 e. The van der Waals surface area contributed by atoms with Crippen molar-refractivity contribution in [3.63, 3.8) is 0 Å². The molecule has 0 bridgehead atoms. The van der Waals surface area contributed by atoms with Crippen molar-refractivity contribution in [2.24, 2.45) is 0 Å². The molecule has 7 heteroatoms. The number of amides is 2. The zero-order chi connectivity index (χ0) is 22.8. The van der Waals surface area contributed by atoms with Gasteiger partial charge in [0, 0.05) is 56.6 Å². The topological polar surface area (TPSA) is 74.2 Å². The van der Waals surface area contributed by atoms with Crippen molar-refractivity contribution >= 4 is 23.5 Å². The largest absolute Gasteiger partial charge is 0.352 e. The molecule has 1 aliphatic carbocycles. The van der Waals surface area contributed by atoms with Gasteiger partial charge in [-0.25, -0.2) is 14.8 Å². The monoisotopic (exact) mass is 440 g/mol. The van der Waals surface area contributed by atoms with Gasteiger partial charge in [0.05, 0.1) is 5.69 Å². The van der Waals surface area contributed by atoms with Crippen molar-refractivity contribution in [1.29, 1.82) is 0 Å². The van der Waals surface area contributed by atoms with E-state index in [-0.39, 0.29) is 12.1 Å². The van der Waals surface area contributed by atoms with Gasteiger partial charge in [-0.2, -0.15) is 0 Å². The number of urea groups is 1. The molecule has 2 aromatic heterocycles. The lowest BCUT2D eigenvalue weighted by Crippen LogP contribution is -2.56. The predicted octanol–water partition coefficient (Wildman–Crippen LogP) is 3.70. The van der Waals surface area contributed by atoms with Crippen molar-refractivity contribution in [2.75, 3.05) is 24.5 Å². The van der Waals surface area contributed by atoms with Crippen LogP contribution < -0.4 is 10.2 Å². The molecule has 1 atom stereocenters. The summed E-state index contributed by atoms with van der Waals surface area (Å²) in [5.41, 5.74) is 6.86. The summed E-state index contributed by atoms with van der Waals surface area (Å²) in [7, 11) is 0. The van der Waals surface area contributed by atoms with E-state index < -0.39 is 0 Å². The van der Waals surface area contributed by atoms with Crippen LogP contribution in [0.25, 0.3) is 11.6 Å². The van der Waals surface area contributed by atoms with Crippen molar-refractivity contribution in [2.45, 2.75) is 32.9 Å². The number of aryl methyl sites for hydroxylation is 1. The molecule has 1 aromatic carbocycles. The SMILES string of the molecule is Cc1ccc(CNC(=O)N2CCN(c3ncnc4c3C=C(c3ccncc3)C4)C[C@@H]2C)cc1. The molecule has 3 aromatic rings. The maximum Gasteiger partial charge on any atom is 0.318 e. The van der Waals surface area contributed by atoms with E-state index in [0.29, 0.717) is 13.1 Å². The van der Waals surface area contributed by atoms with Crippen molar-refractivity contribution in [1.82, 2.24) is 25.2 Å². The second kappa shape index (κ2) is 9.02. The summed E-state index contributed by atoms with van der Waals surface area (Å²) in [5.74, 6) is 0.954. The average molecular weight is 441 g/mol.